The minimum atomic E-state index is -0.124. The summed E-state index contributed by atoms with van der Waals surface area (Å²) in [4.78, 5) is 17.9. The number of hydrogen-bond acceptors (Lipinski definition) is 3. The molecule has 2 heterocycles. The first kappa shape index (κ1) is 14.6. The SMILES string of the molecule is CN(CC1CCOCC1)C(=O)c1ccc(Cl)nc1Cl. The van der Waals surface area contributed by atoms with Gasteiger partial charge in [-0.05, 0) is 30.9 Å². The maximum Gasteiger partial charge on any atom is 0.256 e. The van der Waals surface area contributed by atoms with E-state index in [1.54, 1.807) is 24.1 Å². The molecule has 19 heavy (non-hydrogen) atoms. The van der Waals surface area contributed by atoms with E-state index in [1.807, 2.05) is 0 Å². The van der Waals surface area contributed by atoms with Gasteiger partial charge in [-0.1, -0.05) is 23.2 Å². The van der Waals surface area contributed by atoms with Crippen molar-refractivity contribution in [1.29, 1.82) is 0 Å². The number of carbonyl (C=O) groups is 1. The van der Waals surface area contributed by atoms with Crippen molar-refractivity contribution in [1.82, 2.24) is 9.88 Å². The topological polar surface area (TPSA) is 42.4 Å². The molecule has 104 valence electrons. The van der Waals surface area contributed by atoms with Crippen molar-refractivity contribution in [3.8, 4) is 0 Å². The van der Waals surface area contributed by atoms with Crippen molar-refractivity contribution in [3.05, 3.63) is 28.0 Å². The first-order valence-electron chi connectivity index (χ1n) is 6.23. The van der Waals surface area contributed by atoms with Crippen LogP contribution in [0.5, 0.6) is 0 Å². The Hall–Kier alpha value is -0.840. The number of hydrogen-bond donors (Lipinski definition) is 0. The Morgan fingerprint density at radius 3 is 2.74 bits per heavy atom. The van der Waals surface area contributed by atoms with Crippen LogP contribution in [0, 0.1) is 5.92 Å². The zero-order valence-electron chi connectivity index (χ0n) is 10.7. The molecule has 0 bridgehead atoms. The van der Waals surface area contributed by atoms with Crippen molar-refractivity contribution >= 4 is 29.1 Å². The van der Waals surface area contributed by atoms with Crippen LogP contribution in [0.4, 0.5) is 0 Å². The fourth-order valence-corrected chi connectivity index (χ4v) is 2.60. The molecule has 1 saturated heterocycles. The summed E-state index contributed by atoms with van der Waals surface area (Å²) in [7, 11) is 1.78. The normalized spacial score (nSPS) is 16.4. The average Bonchev–Trinajstić information content (AvgIpc) is 2.39. The number of nitrogens with zero attached hydrogens (tertiary/aromatic N) is 2. The van der Waals surface area contributed by atoms with Crippen LogP contribution in [0.15, 0.2) is 12.1 Å². The summed E-state index contributed by atoms with van der Waals surface area (Å²) < 4.78 is 5.31. The van der Waals surface area contributed by atoms with Gasteiger partial charge in [-0.15, -0.1) is 0 Å². The van der Waals surface area contributed by atoms with E-state index in [0.29, 0.717) is 18.0 Å². The molecule has 0 aliphatic carbocycles. The Labute approximate surface area is 122 Å². The highest BCUT2D eigenvalue weighted by molar-refractivity contribution is 6.34. The second-order valence-electron chi connectivity index (χ2n) is 4.71. The van der Waals surface area contributed by atoms with Gasteiger partial charge in [0, 0.05) is 26.8 Å². The Morgan fingerprint density at radius 1 is 1.42 bits per heavy atom. The van der Waals surface area contributed by atoms with Gasteiger partial charge in [-0.25, -0.2) is 4.98 Å². The van der Waals surface area contributed by atoms with Crippen LogP contribution < -0.4 is 0 Å². The molecule has 1 aromatic heterocycles. The van der Waals surface area contributed by atoms with Crippen molar-refractivity contribution in [2.75, 3.05) is 26.8 Å². The quantitative estimate of drug-likeness (QED) is 0.806. The van der Waals surface area contributed by atoms with Crippen molar-refractivity contribution in [3.63, 3.8) is 0 Å². The van der Waals surface area contributed by atoms with Gasteiger partial charge < -0.3 is 9.64 Å². The highest BCUT2D eigenvalue weighted by Gasteiger charge is 2.21. The number of halogens is 2. The molecule has 0 unspecified atom stereocenters. The van der Waals surface area contributed by atoms with Crippen LogP contribution in [-0.2, 0) is 4.74 Å². The number of aromatic nitrogens is 1. The Kier molecular flexibility index (Phi) is 5.02. The molecule has 1 amide bonds. The summed E-state index contributed by atoms with van der Waals surface area (Å²) in [6, 6.07) is 3.18. The van der Waals surface area contributed by atoms with Crippen LogP contribution in [0.25, 0.3) is 0 Å². The monoisotopic (exact) mass is 302 g/mol. The maximum absolute atomic E-state index is 12.3. The first-order chi connectivity index (χ1) is 9.08. The predicted octanol–water partition coefficient (Wildman–Crippen LogP) is 2.89. The van der Waals surface area contributed by atoms with E-state index < -0.39 is 0 Å². The third-order valence-electron chi connectivity index (χ3n) is 3.26. The minimum Gasteiger partial charge on any atom is -0.381 e. The van der Waals surface area contributed by atoms with Gasteiger partial charge in [0.1, 0.15) is 10.3 Å². The minimum absolute atomic E-state index is 0.124. The van der Waals surface area contributed by atoms with Crippen LogP contribution in [0.2, 0.25) is 10.3 Å². The Morgan fingerprint density at radius 2 is 2.11 bits per heavy atom. The van der Waals surface area contributed by atoms with Crippen LogP contribution in [0.3, 0.4) is 0 Å². The molecule has 2 rings (SSSR count). The zero-order chi connectivity index (χ0) is 13.8. The Bertz CT molecular complexity index is 462. The fourth-order valence-electron chi connectivity index (χ4n) is 2.18. The first-order valence-corrected chi connectivity index (χ1v) is 6.99. The molecule has 0 aromatic carbocycles. The van der Waals surface area contributed by atoms with E-state index in [0.717, 1.165) is 26.1 Å². The van der Waals surface area contributed by atoms with Gasteiger partial charge in [-0.3, -0.25) is 4.79 Å². The van der Waals surface area contributed by atoms with Gasteiger partial charge in [0.15, 0.2) is 0 Å². The molecule has 1 fully saturated rings. The van der Waals surface area contributed by atoms with Gasteiger partial charge in [0.05, 0.1) is 5.56 Å². The molecule has 6 heteroatoms. The second-order valence-corrected chi connectivity index (χ2v) is 5.46. The lowest BCUT2D eigenvalue weighted by Gasteiger charge is -2.27. The van der Waals surface area contributed by atoms with Crippen molar-refractivity contribution in [2.45, 2.75) is 12.8 Å². The summed E-state index contributed by atoms with van der Waals surface area (Å²) in [5.74, 6) is 0.363. The highest BCUT2D eigenvalue weighted by Crippen LogP contribution is 2.20. The van der Waals surface area contributed by atoms with Crippen LogP contribution in [-0.4, -0.2) is 42.6 Å². The van der Waals surface area contributed by atoms with E-state index in [2.05, 4.69) is 4.98 Å². The third-order valence-corrected chi connectivity index (χ3v) is 3.76. The number of rotatable bonds is 3. The van der Waals surface area contributed by atoms with Gasteiger partial charge in [-0.2, -0.15) is 0 Å². The molecule has 0 N–H and O–H groups in total. The lowest BCUT2D eigenvalue weighted by atomic mass is 10.00. The molecule has 0 radical (unpaired) electrons. The largest absolute Gasteiger partial charge is 0.381 e. The summed E-state index contributed by atoms with van der Waals surface area (Å²) in [6.45, 7) is 2.26. The number of pyridine rings is 1. The summed E-state index contributed by atoms with van der Waals surface area (Å²) in [6.07, 6.45) is 1.98. The number of amides is 1. The molecule has 4 nitrogen and oxygen atoms in total. The highest BCUT2D eigenvalue weighted by atomic mass is 35.5. The van der Waals surface area contributed by atoms with Gasteiger partial charge in [0.2, 0.25) is 0 Å². The number of ether oxygens (including phenoxy) is 1. The zero-order valence-corrected chi connectivity index (χ0v) is 12.2. The summed E-state index contributed by atoms with van der Waals surface area (Å²) in [5.41, 5.74) is 0.389. The molecule has 1 aliphatic rings. The van der Waals surface area contributed by atoms with Gasteiger partial charge in [0.25, 0.3) is 5.91 Å². The van der Waals surface area contributed by atoms with E-state index in [4.69, 9.17) is 27.9 Å². The molecule has 0 spiro atoms. The van der Waals surface area contributed by atoms with Gasteiger partial charge >= 0.3 is 0 Å². The molecule has 0 atom stereocenters. The van der Waals surface area contributed by atoms with Crippen molar-refractivity contribution in [2.24, 2.45) is 5.92 Å². The van der Waals surface area contributed by atoms with Crippen molar-refractivity contribution < 1.29 is 9.53 Å². The van der Waals surface area contributed by atoms with Crippen LogP contribution >= 0.6 is 23.2 Å². The smallest absolute Gasteiger partial charge is 0.256 e. The molecular formula is C13H16Cl2N2O2. The third kappa shape index (κ3) is 3.81. The lowest BCUT2D eigenvalue weighted by molar-refractivity contribution is 0.0497. The second kappa shape index (κ2) is 6.55. The predicted molar refractivity (Wildman–Crippen MR) is 74.8 cm³/mol. The average molecular weight is 303 g/mol. The Balaban J connectivity index is 2.01. The molecule has 0 saturated carbocycles. The molecular weight excluding hydrogens is 287 g/mol. The summed E-state index contributed by atoms with van der Waals surface area (Å²) in [5, 5.41) is 0.435. The van der Waals surface area contributed by atoms with E-state index in [-0.39, 0.29) is 16.2 Å². The maximum atomic E-state index is 12.3. The lowest BCUT2D eigenvalue weighted by Crippen LogP contribution is -2.34. The molecule has 1 aromatic rings. The molecule has 1 aliphatic heterocycles. The van der Waals surface area contributed by atoms with E-state index in [9.17, 15) is 4.79 Å². The van der Waals surface area contributed by atoms with Crippen LogP contribution in [0.1, 0.15) is 23.2 Å². The standard InChI is InChI=1S/C13H16Cl2N2O2/c1-17(8-9-4-6-19-7-5-9)13(18)10-2-3-11(14)16-12(10)15/h2-3,9H,4-8H2,1H3. The van der Waals surface area contributed by atoms with E-state index >= 15 is 0 Å². The summed E-state index contributed by atoms with van der Waals surface area (Å²) >= 11 is 11.7. The number of carbonyl (C=O) groups excluding carboxylic acids is 1. The fraction of sp³-hybridized carbons (Fsp3) is 0.538. The van der Waals surface area contributed by atoms with E-state index in [1.165, 1.54) is 0 Å².